The third kappa shape index (κ3) is 4.61. The fraction of sp³-hybridized carbons (Fsp3) is 0.429. The first-order chi connectivity index (χ1) is 15.0. The number of likely N-dealkylation sites (N-methyl/N-ethyl adjacent to an activating group) is 1. The van der Waals surface area contributed by atoms with Crippen LogP contribution in [-0.2, 0) is 4.79 Å². The molecule has 10 heteroatoms. The molecule has 0 saturated carbocycles. The highest BCUT2D eigenvalue weighted by Gasteiger charge is 2.33. The molecule has 0 radical (unpaired) electrons. The lowest BCUT2D eigenvalue weighted by molar-refractivity contribution is -0.125. The molecule has 8 nitrogen and oxygen atoms in total. The summed E-state index contributed by atoms with van der Waals surface area (Å²) in [5.74, 6) is 1.44. The van der Waals surface area contributed by atoms with Crippen molar-refractivity contribution in [3.8, 4) is 11.4 Å². The van der Waals surface area contributed by atoms with Gasteiger partial charge >= 0.3 is 0 Å². The van der Waals surface area contributed by atoms with Gasteiger partial charge in [0.1, 0.15) is 5.82 Å². The number of halogens is 2. The lowest BCUT2D eigenvalue weighted by atomic mass is 9.99. The number of fused-ring (bicyclic) bond motifs is 1. The van der Waals surface area contributed by atoms with Crippen LogP contribution in [0.25, 0.3) is 17.0 Å². The Labute approximate surface area is 191 Å². The zero-order chi connectivity index (χ0) is 22.0. The Kier molecular flexibility index (Phi) is 6.60. The molecular formula is C21H25Cl2N7O. The molecule has 3 aromatic rings. The Morgan fingerprint density at radius 3 is 2.61 bits per heavy atom. The topological polar surface area (TPSA) is 78.7 Å². The van der Waals surface area contributed by atoms with Gasteiger partial charge in [-0.25, -0.2) is 0 Å². The van der Waals surface area contributed by atoms with E-state index in [0.717, 1.165) is 31.0 Å². The Morgan fingerprint density at radius 1 is 1.13 bits per heavy atom. The molecule has 1 aliphatic heterocycles. The fourth-order valence-corrected chi connectivity index (χ4v) is 3.91. The van der Waals surface area contributed by atoms with Crippen LogP contribution in [0.4, 0.5) is 5.82 Å². The second-order valence-corrected chi connectivity index (χ2v) is 8.35. The Morgan fingerprint density at radius 2 is 1.90 bits per heavy atom. The van der Waals surface area contributed by atoms with E-state index in [2.05, 4.69) is 39.2 Å². The molecule has 3 heterocycles. The lowest BCUT2D eigenvalue weighted by Gasteiger charge is -2.39. The van der Waals surface area contributed by atoms with E-state index in [4.69, 9.17) is 28.3 Å². The zero-order valence-electron chi connectivity index (χ0n) is 17.6. The first-order valence-corrected chi connectivity index (χ1v) is 11.2. The third-order valence-electron chi connectivity index (χ3n) is 5.62. The average Bonchev–Trinajstić information content (AvgIpc) is 3.15. The van der Waals surface area contributed by atoms with Crippen molar-refractivity contribution in [3.05, 3.63) is 40.4 Å². The lowest BCUT2D eigenvalue weighted by Crippen LogP contribution is -2.54. The van der Waals surface area contributed by atoms with Crippen molar-refractivity contribution < 1.29 is 4.79 Å². The zero-order valence-corrected chi connectivity index (χ0v) is 19.1. The van der Waals surface area contributed by atoms with Gasteiger partial charge < -0.3 is 15.1 Å². The van der Waals surface area contributed by atoms with E-state index in [1.165, 1.54) is 0 Å². The first-order valence-electron chi connectivity index (χ1n) is 10.4. The molecule has 164 valence electrons. The maximum atomic E-state index is 12.4. The van der Waals surface area contributed by atoms with Crippen molar-refractivity contribution in [2.45, 2.75) is 13.8 Å². The van der Waals surface area contributed by atoms with Crippen molar-refractivity contribution in [3.63, 3.8) is 0 Å². The third-order valence-corrected chi connectivity index (χ3v) is 6.36. The minimum atomic E-state index is -0.0235. The molecule has 0 spiro atoms. The van der Waals surface area contributed by atoms with Crippen LogP contribution >= 0.6 is 23.2 Å². The number of hydrogen-bond donors (Lipinski definition) is 1. The summed E-state index contributed by atoms with van der Waals surface area (Å²) >= 11 is 12.2. The maximum Gasteiger partial charge on any atom is 0.226 e. The number of aromatic nitrogens is 4. The number of amides is 1. The number of nitrogens with one attached hydrogen (secondary N) is 1. The van der Waals surface area contributed by atoms with E-state index in [1.54, 1.807) is 16.6 Å². The number of carbonyl (C=O) groups excluding carboxylic acids is 1. The highest BCUT2D eigenvalue weighted by atomic mass is 35.5. The standard InChI is InChI=1S/C21H25Cl2N7O/c1-3-28(4-2)10-9-24-21(31)15-12-29(13-15)19-8-7-18-25-26-20(30(18)27-19)14-5-6-16(22)17(23)11-14/h5-8,11,15H,3-4,9-10,12-13H2,1-2H3,(H,24,31). The quantitative estimate of drug-likeness (QED) is 0.555. The normalized spacial score (nSPS) is 14.3. The molecule has 1 aliphatic rings. The van der Waals surface area contributed by atoms with Crippen molar-refractivity contribution in [1.29, 1.82) is 0 Å². The Balaban J connectivity index is 1.41. The summed E-state index contributed by atoms with van der Waals surface area (Å²) in [7, 11) is 0. The summed E-state index contributed by atoms with van der Waals surface area (Å²) in [5.41, 5.74) is 1.41. The van der Waals surface area contributed by atoms with Crippen molar-refractivity contribution >= 4 is 40.6 Å². The second kappa shape index (κ2) is 9.38. The van der Waals surface area contributed by atoms with Crippen molar-refractivity contribution in [1.82, 2.24) is 30.0 Å². The van der Waals surface area contributed by atoms with Gasteiger partial charge in [0, 0.05) is 31.7 Å². The maximum absolute atomic E-state index is 12.4. The number of benzene rings is 1. The monoisotopic (exact) mass is 461 g/mol. The number of hydrogen-bond acceptors (Lipinski definition) is 6. The summed E-state index contributed by atoms with van der Waals surface area (Å²) < 4.78 is 1.69. The van der Waals surface area contributed by atoms with E-state index in [0.29, 0.717) is 41.2 Å². The number of anilines is 1. The predicted molar refractivity (Wildman–Crippen MR) is 123 cm³/mol. The van der Waals surface area contributed by atoms with Gasteiger partial charge in [-0.2, -0.15) is 4.52 Å². The highest BCUT2D eigenvalue weighted by Crippen LogP contribution is 2.29. The molecule has 2 aromatic heterocycles. The van der Waals surface area contributed by atoms with Crippen LogP contribution in [0.1, 0.15) is 13.8 Å². The number of rotatable bonds is 8. The average molecular weight is 462 g/mol. The Hall–Kier alpha value is -2.42. The van der Waals surface area contributed by atoms with Gasteiger partial charge in [0.05, 0.1) is 16.0 Å². The molecule has 1 amide bonds. The van der Waals surface area contributed by atoms with E-state index >= 15 is 0 Å². The summed E-state index contributed by atoms with van der Waals surface area (Å²) in [6.45, 7) is 9.06. The largest absolute Gasteiger partial charge is 0.354 e. The Bertz CT molecular complexity index is 1080. The van der Waals surface area contributed by atoms with Crippen LogP contribution < -0.4 is 10.2 Å². The summed E-state index contributed by atoms with van der Waals surface area (Å²) in [4.78, 5) is 16.8. The van der Waals surface area contributed by atoms with Crippen LogP contribution in [0.3, 0.4) is 0 Å². The van der Waals surface area contributed by atoms with E-state index in [9.17, 15) is 4.79 Å². The van der Waals surface area contributed by atoms with Gasteiger partial charge in [-0.15, -0.1) is 15.3 Å². The van der Waals surface area contributed by atoms with Crippen LogP contribution in [0.2, 0.25) is 10.0 Å². The number of nitrogens with zero attached hydrogens (tertiary/aromatic N) is 6. The second-order valence-electron chi connectivity index (χ2n) is 7.53. The van der Waals surface area contributed by atoms with Gasteiger partial charge in [-0.3, -0.25) is 4.79 Å². The highest BCUT2D eigenvalue weighted by molar-refractivity contribution is 6.42. The minimum Gasteiger partial charge on any atom is -0.354 e. The van der Waals surface area contributed by atoms with Gasteiger partial charge in [0.2, 0.25) is 5.91 Å². The summed E-state index contributed by atoms with van der Waals surface area (Å²) in [6, 6.07) is 9.08. The minimum absolute atomic E-state index is 0.0235. The van der Waals surface area contributed by atoms with Crippen molar-refractivity contribution in [2.75, 3.05) is 44.2 Å². The van der Waals surface area contributed by atoms with Gasteiger partial charge in [-0.1, -0.05) is 37.0 Å². The molecule has 31 heavy (non-hydrogen) atoms. The molecule has 1 N–H and O–H groups in total. The van der Waals surface area contributed by atoms with Gasteiger partial charge in [0.25, 0.3) is 0 Å². The van der Waals surface area contributed by atoms with E-state index in [1.807, 2.05) is 18.2 Å². The molecule has 0 atom stereocenters. The molecule has 1 saturated heterocycles. The molecule has 4 rings (SSSR count). The van der Waals surface area contributed by atoms with Crippen LogP contribution in [0, 0.1) is 5.92 Å². The summed E-state index contributed by atoms with van der Waals surface area (Å²) in [6.07, 6.45) is 0. The van der Waals surface area contributed by atoms with Gasteiger partial charge in [0.15, 0.2) is 11.5 Å². The number of carbonyl (C=O) groups is 1. The molecule has 1 fully saturated rings. The van der Waals surface area contributed by atoms with Crippen molar-refractivity contribution in [2.24, 2.45) is 5.92 Å². The smallest absolute Gasteiger partial charge is 0.226 e. The van der Waals surface area contributed by atoms with Gasteiger partial charge in [-0.05, 0) is 43.4 Å². The molecule has 0 unspecified atom stereocenters. The van der Waals surface area contributed by atoms with Crippen LogP contribution in [-0.4, -0.2) is 69.9 Å². The van der Waals surface area contributed by atoms with Crippen LogP contribution in [0.5, 0.6) is 0 Å². The molecule has 0 aliphatic carbocycles. The SMILES string of the molecule is CCN(CC)CCNC(=O)C1CN(c2ccc3nnc(-c4ccc(Cl)c(Cl)c4)n3n2)C1. The van der Waals surface area contributed by atoms with Crippen LogP contribution in [0.15, 0.2) is 30.3 Å². The van der Waals surface area contributed by atoms with E-state index < -0.39 is 0 Å². The first kappa shape index (κ1) is 21.8. The predicted octanol–water partition coefficient (Wildman–Crippen LogP) is 2.99. The molecular weight excluding hydrogens is 437 g/mol. The molecule has 0 bridgehead atoms. The molecule has 1 aromatic carbocycles. The summed E-state index contributed by atoms with van der Waals surface area (Å²) in [5, 5.41) is 17.1. The fourth-order valence-electron chi connectivity index (χ4n) is 3.62. The van der Waals surface area contributed by atoms with E-state index in [-0.39, 0.29) is 11.8 Å².